The van der Waals surface area contributed by atoms with Crippen LogP contribution in [-0.2, 0) is 11.3 Å². The Labute approximate surface area is 73.4 Å². The summed E-state index contributed by atoms with van der Waals surface area (Å²) in [5, 5.41) is 0. The summed E-state index contributed by atoms with van der Waals surface area (Å²) in [6, 6.07) is 6.73. The first-order valence-corrected chi connectivity index (χ1v) is 4.38. The zero-order valence-corrected chi connectivity index (χ0v) is 7.41. The van der Waals surface area contributed by atoms with Gasteiger partial charge in [0.2, 0.25) is 0 Å². The fourth-order valence-electron chi connectivity index (χ4n) is 0.774. The van der Waals surface area contributed by atoms with Crippen molar-refractivity contribution in [3.63, 3.8) is 0 Å². The Hall–Kier alpha value is -1.07. The molecule has 4 nitrogen and oxygen atoms in total. The van der Waals surface area contributed by atoms with Crippen molar-refractivity contribution in [1.29, 1.82) is 0 Å². The number of hydrogen-bond donors (Lipinski definition) is 2. The number of anilines is 2. The van der Waals surface area contributed by atoms with Gasteiger partial charge in [-0.2, -0.15) is 0 Å². The third kappa shape index (κ3) is 1.96. The Kier molecular flexibility index (Phi) is 2.67. The van der Waals surface area contributed by atoms with Crippen molar-refractivity contribution in [2.45, 2.75) is 0 Å². The number of nitrogens with two attached hydrogens (primary N) is 1. The van der Waals surface area contributed by atoms with Crippen LogP contribution in [0.4, 0.5) is 11.4 Å². The lowest BCUT2D eigenvalue weighted by Gasteiger charge is -2.13. The molecule has 1 aromatic rings. The monoisotopic (exact) mass is 186 g/mol. The molecule has 0 saturated carbocycles. The molecule has 0 heterocycles. The molecule has 0 radical (unpaired) electrons. The minimum absolute atomic E-state index is 0.635. The summed E-state index contributed by atoms with van der Waals surface area (Å²) in [5.41, 5.74) is 6.74. The Bertz CT molecular complexity index is 286. The highest BCUT2D eigenvalue weighted by Crippen LogP contribution is 2.15. The van der Waals surface area contributed by atoms with Gasteiger partial charge in [-0.25, -0.2) is 4.21 Å². The summed E-state index contributed by atoms with van der Waals surface area (Å²) in [7, 11) is 1.53. The summed E-state index contributed by atoms with van der Waals surface area (Å²) in [6.45, 7) is 0. The Morgan fingerprint density at radius 2 is 1.92 bits per heavy atom. The van der Waals surface area contributed by atoms with Crippen molar-refractivity contribution in [2.75, 3.05) is 17.1 Å². The zero-order valence-electron chi connectivity index (χ0n) is 6.60. The van der Waals surface area contributed by atoms with Crippen molar-refractivity contribution in [3.05, 3.63) is 24.3 Å². The third-order valence-corrected chi connectivity index (χ3v) is 2.17. The van der Waals surface area contributed by atoms with E-state index in [1.165, 1.54) is 11.4 Å². The van der Waals surface area contributed by atoms with Crippen LogP contribution in [0.3, 0.4) is 0 Å². The summed E-state index contributed by atoms with van der Waals surface area (Å²) < 4.78 is 20.5. The van der Waals surface area contributed by atoms with Crippen molar-refractivity contribution in [2.24, 2.45) is 0 Å². The van der Waals surface area contributed by atoms with E-state index in [2.05, 4.69) is 0 Å². The SMILES string of the molecule is CN(c1ccc(N)cc1)S(=O)O. The first-order valence-electron chi connectivity index (χ1n) is 3.31. The van der Waals surface area contributed by atoms with Gasteiger partial charge in [-0.1, -0.05) is 0 Å². The fourth-order valence-corrected chi connectivity index (χ4v) is 1.08. The van der Waals surface area contributed by atoms with Gasteiger partial charge in [-0.15, -0.1) is 0 Å². The Morgan fingerprint density at radius 1 is 1.42 bits per heavy atom. The molecular weight excluding hydrogens is 176 g/mol. The van der Waals surface area contributed by atoms with E-state index in [1.807, 2.05) is 0 Å². The molecule has 1 rings (SSSR count). The Balaban J connectivity index is 2.89. The van der Waals surface area contributed by atoms with Gasteiger partial charge in [0, 0.05) is 12.7 Å². The molecule has 0 saturated heterocycles. The lowest BCUT2D eigenvalue weighted by molar-refractivity contribution is 0.562. The van der Waals surface area contributed by atoms with Crippen molar-refractivity contribution in [1.82, 2.24) is 0 Å². The van der Waals surface area contributed by atoms with E-state index in [-0.39, 0.29) is 0 Å². The van der Waals surface area contributed by atoms with Gasteiger partial charge in [-0.05, 0) is 24.3 Å². The van der Waals surface area contributed by atoms with E-state index >= 15 is 0 Å². The maximum absolute atomic E-state index is 10.6. The van der Waals surface area contributed by atoms with Crippen LogP contribution in [0.2, 0.25) is 0 Å². The molecule has 12 heavy (non-hydrogen) atoms. The second kappa shape index (κ2) is 3.55. The number of nitrogens with zero attached hydrogens (tertiary/aromatic N) is 1. The molecular formula is C7H10N2O2S. The van der Waals surface area contributed by atoms with Crippen LogP contribution in [0.5, 0.6) is 0 Å². The van der Waals surface area contributed by atoms with Gasteiger partial charge in [0.15, 0.2) is 0 Å². The Morgan fingerprint density at radius 3 is 2.33 bits per heavy atom. The maximum atomic E-state index is 10.6. The van der Waals surface area contributed by atoms with Gasteiger partial charge in [0.25, 0.3) is 11.3 Å². The summed E-state index contributed by atoms with van der Waals surface area (Å²) >= 11 is -1.98. The number of rotatable bonds is 2. The summed E-state index contributed by atoms with van der Waals surface area (Å²) in [4.78, 5) is 0. The average Bonchev–Trinajstić information content (AvgIpc) is 2.04. The van der Waals surface area contributed by atoms with E-state index in [4.69, 9.17) is 10.3 Å². The minimum Gasteiger partial charge on any atom is -0.399 e. The van der Waals surface area contributed by atoms with E-state index in [1.54, 1.807) is 24.3 Å². The molecule has 66 valence electrons. The maximum Gasteiger partial charge on any atom is 0.261 e. The molecule has 0 aliphatic rings. The van der Waals surface area contributed by atoms with Gasteiger partial charge >= 0.3 is 0 Å². The predicted molar refractivity (Wildman–Crippen MR) is 50.0 cm³/mol. The molecule has 1 atom stereocenters. The lowest BCUT2D eigenvalue weighted by Crippen LogP contribution is -2.18. The first kappa shape index (κ1) is 9.02. The molecule has 0 amide bonds. The normalized spacial score (nSPS) is 12.5. The quantitative estimate of drug-likeness (QED) is 0.531. The molecule has 0 spiro atoms. The van der Waals surface area contributed by atoms with E-state index in [0.29, 0.717) is 11.4 Å². The third-order valence-electron chi connectivity index (χ3n) is 1.49. The van der Waals surface area contributed by atoms with Crippen LogP contribution in [0, 0.1) is 0 Å². The first-order chi connectivity index (χ1) is 5.61. The van der Waals surface area contributed by atoms with Gasteiger partial charge < -0.3 is 5.73 Å². The fraction of sp³-hybridized carbons (Fsp3) is 0.143. The van der Waals surface area contributed by atoms with Crippen LogP contribution < -0.4 is 10.0 Å². The minimum atomic E-state index is -1.98. The van der Waals surface area contributed by atoms with Crippen molar-refractivity contribution in [3.8, 4) is 0 Å². The van der Waals surface area contributed by atoms with Crippen LogP contribution >= 0.6 is 0 Å². The molecule has 0 bridgehead atoms. The zero-order chi connectivity index (χ0) is 9.14. The number of hydrogen-bond acceptors (Lipinski definition) is 2. The molecule has 0 aliphatic carbocycles. The van der Waals surface area contributed by atoms with Crippen LogP contribution in [0.1, 0.15) is 0 Å². The molecule has 5 heteroatoms. The van der Waals surface area contributed by atoms with Crippen LogP contribution in [0.15, 0.2) is 24.3 Å². The highest BCUT2D eigenvalue weighted by Gasteiger charge is 2.04. The van der Waals surface area contributed by atoms with Gasteiger partial charge in [0.1, 0.15) is 0 Å². The van der Waals surface area contributed by atoms with E-state index in [0.717, 1.165) is 0 Å². The average molecular weight is 186 g/mol. The van der Waals surface area contributed by atoms with E-state index < -0.39 is 11.3 Å². The number of benzene rings is 1. The number of nitrogen functional groups attached to an aromatic ring is 1. The van der Waals surface area contributed by atoms with E-state index in [9.17, 15) is 4.21 Å². The predicted octanol–water partition coefficient (Wildman–Crippen LogP) is 0.842. The summed E-state index contributed by atoms with van der Waals surface area (Å²) in [6.07, 6.45) is 0. The highest BCUT2D eigenvalue weighted by atomic mass is 32.2. The summed E-state index contributed by atoms with van der Waals surface area (Å²) in [5.74, 6) is 0. The van der Waals surface area contributed by atoms with Gasteiger partial charge in [-0.3, -0.25) is 8.86 Å². The molecule has 0 fully saturated rings. The van der Waals surface area contributed by atoms with Crippen LogP contribution in [0.25, 0.3) is 0 Å². The highest BCUT2D eigenvalue weighted by molar-refractivity contribution is 7.80. The molecule has 1 unspecified atom stereocenters. The smallest absolute Gasteiger partial charge is 0.261 e. The molecule has 0 aliphatic heterocycles. The largest absolute Gasteiger partial charge is 0.399 e. The molecule has 0 aromatic heterocycles. The topological polar surface area (TPSA) is 66.6 Å². The van der Waals surface area contributed by atoms with Crippen LogP contribution in [-0.4, -0.2) is 15.8 Å². The second-order valence-electron chi connectivity index (χ2n) is 2.32. The second-order valence-corrected chi connectivity index (χ2v) is 3.33. The van der Waals surface area contributed by atoms with Crippen molar-refractivity contribution < 1.29 is 8.76 Å². The van der Waals surface area contributed by atoms with Gasteiger partial charge in [0.05, 0.1) is 5.69 Å². The van der Waals surface area contributed by atoms with Crippen molar-refractivity contribution >= 4 is 22.6 Å². The lowest BCUT2D eigenvalue weighted by atomic mass is 10.3. The molecule has 3 N–H and O–H groups in total. The molecule has 1 aromatic carbocycles. The standard InChI is InChI=1S/C7H10N2O2S/c1-9(12(10)11)7-4-2-6(8)3-5-7/h2-5H,8H2,1H3,(H,10,11).